The summed E-state index contributed by atoms with van der Waals surface area (Å²) in [4.78, 5) is 0. The van der Waals surface area contributed by atoms with E-state index >= 15 is 0 Å². The monoisotopic (exact) mass is 762 g/mol. The van der Waals surface area contributed by atoms with Crippen LogP contribution in [0.25, 0.3) is 0 Å². The quantitative estimate of drug-likeness (QED) is 0.130. The highest BCUT2D eigenvalue weighted by Gasteiger charge is 2.65. The van der Waals surface area contributed by atoms with Crippen molar-refractivity contribution in [3.05, 3.63) is 23.8 Å². The second-order valence-electron chi connectivity index (χ2n) is 18.9. The lowest BCUT2D eigenvalue weighted by Gasteiger charge is -2.51. The number of rotatable bonds is 8. The van der Waals surface area contributed by atoms with Gasteiger partial charge in [0.05, 0.1) is 37.1 Å². The molecule has 0 aromatic rings. The average molecular weight is 763 g/mol. The van der Waals surface area contributed by atoms with Gasteiger partial charge < -0.3 is 53.6 Å². The second-order valence-corrected chi connectivity index (χ2v) is 18.9. The predicted octanol–water partition coefficient (Wildman–Crippen LogP) is 6.05. The number of hydrogen-bond acceptors (Lipinski definition) is 11. The van der Waals surface area contributed by atoms with Crippen LogP contribution in [0.1, 0.15) is 130 Å². The lowest BCUT2D eigenvalue weighted by atomic mass is 9.57. The van der Waals surface area contributed by atoms with Gasteiger partial charge >= 0.3 is 0 Å². The van der Waals surface area contributed by atoms with Crippen molar-refractivity contribution in [2.45, 2.75) is 190 Å². The second kappa shape index (κ2) is 16.0. The van der Waals surface area contributed by atoms with E-state index in [0.717, 1.165) is 56.1 Å². The van der Waals surface area contributed by atoms with Crippen molar-refractivity contribution in [3.8, 4) is 0 Å². The van der Waals surface area contributed by atoms with Gasteiger partial charge in [0.1, 0.15) is 18.5 Å². The summed E-state index contributed by atoms with van der Waals surface area (Å²) in [5.74, 6) is -3.19. The molecule has 11 nitrogen and oxygen atoms in total. The minimum absolute atomic E-state index is 0.0456. The summed E-state index contributed by atoms with van der Waals surface area (Å²) in [7, 11) is 1.62. The number of ether oxygens (including phenoxy) is 7. The fraction of sp³-hybridized carbons (Fsp3) is 0.907. The number of methoxy groups -OCH3 is 1. The number of fused-ring (bicyclic) bond motifs is 7. The molecule has 0 aromatic carbocycles. The lowest BCUT2D eigenvalue weighted by molar-refractivity contribution is -0.403. The molecule has 11 heteroatoms. The topological polar surface area (TPSA) is 146 Å². The molecule has 0 saturated carbocycles. The molecule has 4 N–H and O–H groups in total. The number of hydrogen-bond donors (Lipinski definition) is 4. The molecule has 0 aromatic heterocycles. The van der Waals surface area contributed by atoms with E-state index < -0.39 is 52.8 Å². The van der Waals surface area contributed by atoms with Gasteiger partial charge in [-0.05, 0) is 101 Å². The lowest BCUT2D eigenvalue weighted by Crippen LogP contribution is -2.60. The first kappa shape index (κ1) is 41.2. The van der Waals surface area contributed by atoms with Gasteiger partial charge in [0.25, 0.3) is 0 Å². The summed E-state index contributed by atoms with van der Waals surface area (Å²) < 4.78 is 46.0. The molecule has 308 valence electrons. The van der Waals surface area contributed by atoms with E-state index in [4.69, 9.17) is 33.2 Å². The maximum atomic E-state index is 12.6. The molecule has 6 saturated heterocycles. The molecule has 15 atom stereocenters. The maximum absolute atomic E-state index is 12.6. The Kier molecular flexibility index (Phi) is 12.2. The smallest absolute Gasteiger partial charge is 0.200 e. The Balaban J connectivity index is 1.28. The summed E-state index contributed by atoms with van der Waals surface area (Å²) >= 11 is 0. The predicted molar refractivity (Wildman–Crippen MR) is 201 cm³/mol. The highest BCUT2D eigenvalue weighted by atomic mass is 16.8. The van der Waals surface area contributed by atoms with Crippen LogP contribution in [0.3, 0.4) is 0 Å². The van der Waals surface area contributed by atoms with Crippen LogP contribution in [-0.4, -0.2) is 107 Å². The van der Waals surface area contributed by atoms with Crippen LogP contribution >= 0.6 is 0 Å². The SMILES string of the molecule is C=C1CCC[C@@H](O)[C@@]2(C[C@H](C)[C@@H](C)CO)CCC(COCOC)=C[C@@H]2[C@@H]2O[C@]3(C[C@H]4CCC[C@@]5(CC[C@@]6(O[C@@H](CC[C@@]6(C)O)C1)O5)O4)C[C@@H](C)[C@@H](O)[C@H]2O3. The summed E-state index contributed by atoms with van der Waals surface area (Å²) in [6.07, 6.45) is 10.2. The van der Waals surface area contributed by atoms with Gasteiger partial charge in [-0.1, -0.05) is 39.0 Å². The van der Waals surface area contributed by atoms with E-state index in [2.05, 4.69) is 33.4 Å². The van der Waals surface area contributed by atoms with Crippen LogP contribution in [0.2, 0.25) is 0 Å². The fourth-order valence-corrected chi connectivity index (χ4v) is 11.5. The average Bonchev–Trinajstić information content (AvgIpc) is 3.65. The highest BCUT2D eigenvalue weighted by molar-refractivity contribution is 5.21. The first-order valence-electron chi connectivity index (χ1n) is 21.2. The van der Waals surface area contributed by atoms with Crippen LogP contribution < -0.4 is 0 Å². The molecule has 54 heavy (non-hydrogen) atoms. The molecule has 6 aliphatic heterocycles. The van der Waals surface area contributed by atoms with Gasteiger partial charge in [-0.15, -0.1) is 0 Å². The molecule has 0 amide bonds. The molecular weight excluding hydrogens is 692 g/mol. The van der Waals surface area contributed by atoms with Crippen LogP contribution in [0.5, 0.6) is 0 Å². The zero-order valence-electron chi connectivity index (χ0n) is 33.6. The summed E-state index contributed by atoms with van der Waals surface area (Å²) in [6, 6.07) is 0. The largest absolute Gasteiger partial charge is 0.396 e. The molecule has 6 heterocycles. The third-order valence-corrected chi connectivity index (χ3v) is 14.9. The van der Waals surface area contributed by atoms with Crippen molar-refractivity contribution >= 4 is 0 Å². The van der Waals surface area contributed by atoms with Crippen LogP contribution in [0, 0.1) is 29.1 Å². The molecule has 0 radical (unpaired) electrons. The third kappa shape index (κ3) is 7.80. The third-order valence-electron chi connectivity index (χ3n) is 14.9. The zero-order valence-corrected chi connectivity index (χ0v) is 33.6. The van der Waals surface area contributed by atoms with E-state index in [1.807, 2.05) is 6.92 Å². The molecule has 1 aliphatic carbocycles. The number of aliphatic hydroxyl groups excluding tert-OH is 3. The highest BCUT2D eigenvalue weighted by Crippen LogP contribution is 2.59. The van der Waals surface area contributed by atoms with E-state index in [9.17, 15) is 20.4 Å². The Hall–Kier alpha value is -0.960. The van der Waals surface area contributed by atoms with Gasteiger partial charge in [0.2, 0.25) is 5.79 Å². The molecule has 7 bridgehead atoms. The van der Waals surface area contributed by atoms with Gasteiger partial charge in [-0.3, -0.25) is 0 Å². The van der Waals surface area contributed by atoms with Crippen molar-refractivity contribution in [1.82, 2.24) is 0 Å². The summed E-state index contributed by atoms with van der Waals surface area (Å²) in [5.41, 5.74) is 0.437. The molecule has 7 rings (SSSR count). The minimum Gasteiger partial charge on any atom is -0.396 e. The maximum Gasteiger partial charge on any atom is 0.200 e. The van der Waals surface area contributed by atoms with Crippen LogP contribution in [0.15, 0.2) is 23.8 Å². The van der Waals surface area contributed by atoms with Gasteiger partial charge in [0.15, 0.2) is 11.6 Å². The first-order valence-corrected chi connectivity index (χ1v) is 21.2. The van der Waals surface area contributed by atoms with Gasteiger partial charge in [-0.25, -0.2) is 0 Å². The Morgan fingerprint density at radius 2 is 1.69 bits per heavy atom. The van der Waals surface area contributed by atoms with E-state index in [1.165, 1.54) is 0 Å². The van der Waals surface area contributed by atoms with Gasteiger partial charge in [0, 0.05) is 57.2 Å². The summed E-state index contributed by atoms with van der Waals surface area (Å²) in [5, 5.41) is 46.5. The van der Waals surface area contributed by atoms with E-state index in [-0.39, 0.29) is 49.3 Å². The van der Waals surface area contributed by atoms with Crippen LogP contribution in [0.4, 0.5) is 0 Å². The Bertz CT molecular complexity index is 1350. The van der Waals surface area contributed by atoms with Crippen molar-refractivity contribution < 1.29 is 53.6 Å². The van der Waals surface area contributed by atoms with Crippen LogP contribution in [-0.2, 0) is 33.2 Å². The molecule has 6 fully saturated rings. The summed E-state index contributed by atoms with van der Waals surface area (Å²) in [6.45, 7) is 13.3. The first-order chi connectivity index (χ1) is 25.7. The Labute approximate surface area is 323 Å². The minimum atomic E-state index is -1.16. The Morgan fingerprint density at radius 1 is 0.889 bits per heavy atom. The van der Waals surface area contributed by atoms with E-state index in [1.54, 1.807) is 7.11 Å². The van der Waals surface area contributed by atoms with Crippen molar-refractivity contribution in [3.63, 3.8) is 0 Å². The molecular formula is C43H70O11. The zero-order chi connectivity index (χ0) is 38.5. The van der Waals surface area contributed by atoms with Crippen molar-refractivity contribution in [1.29, 1.82) is 0 Å². The van der Waals surface area contributed by atoms with Gasteiger partial charge in [-0.2, -0.15) is 0 Å². The number of aliphatic hydroxyl groups is 4. The standard InChI is InChI=1S/C43H70O11/c1-27-9-7-11-35(45)40(21-28(2)30(4)24-44)16-12-31(25-49-26-48-6)20-34(40)37-38-36(46)29(3)22-42(52-37,53-38)23-33-10-8-14-41(50-33)17-18-43(54-41)39(5,47)15-13-32(19-27)51-43/h20,28-30,32-38,44-47H,1,7-19,21-26H2,2-6H3/t28-,29+,30-,32-,33+,34+,35+,36+,37-,38+,39+,40+,41+,42+,43+/m0/s1. The van der Waals surface area contributed by atoms with Crippen molar-refractivity contribution in [2.75, 3.05) is 27.1 Å². The van der Waals surface area contributed by atoms with Crippen molar-refractivity contribution in [2.24, 2.45) is 29.1 Å². The molecule has 0 unspecified atom stereocenters. The molecule has 3 spiro atoms. The van der Waals surface area contributed by atoms with E-state index in [0.29, 0.717) is 64.4 Å². The Morgan fingerprint density at radius 3 is 2.46 bits per heavy atom. The fourth-order valence-electron chi connectivity index (χ4n) is 11.5. The molecule has 7 aliphatic rings. The normalized spacial score (nSPS) is 48.2.